The van der Waals surface area contributed by atoms with E-state index in [1.165, 1.54) is 0 Å². The molecule has 0 radical (unpaired) electrons. The van der Waals surface area contributed by atoms with Crippen molar-refractivity contribution in [3.63, 3.8) is 0 Å². The molecule has 0 spiro atoms. The quantitative estimate of drug-likeness (QED) is 0.133. The fraction of sp³-hybridized carbons (Fsp3) is 0.500. The van der Waals surface area contributed by atoms with E-state index in [-0.39, 0.29) is 34.6 Å². The minimum absolute atomic E-state index is 0.125. The van der Waals surface area contributed by atoms with Crippen LogP contribution in [0.1, 0.15) is 108 Å². The first-order valence-corrected chi connectivity index (χ1v) is 16.0. The van der Waals surface area contributed by atoms with Crippen LogP contribution in [-0.4, -0.2) is 34.0 Å². The summed E-state index contributed by atoms with van der Waals surface area (Å²) in [6.07, 6.45) is 22.4. The van der Waals surface area contributed by atoms with Gasteiger partial charge < -0.3 is 10.2 Å². The van der Waals surface area contributed by atoms with Crippen LogP contribution in [0.25, 0.3) is 0 Å². The zero-order chi connectivity index (χ0) is 33.2. The van der Waals surface area contributed by atoms with E-state index in [4.69, 9.17) is 0 Å². The van der Waals surface area contributed by atoms with Crippen LogP contribution in [0.5, 0.6) is 0 Å². The molecule has 0 bridgehead atoms. The number of hydrogen-bond donors (Lipinski definition) is 2. The van der Waals surface area contributed by atoms with Gasteiger partial charge in [0.25, 0.3) is 0 Å². The molecule has 2 N–H and O–H groups in total. The van der Waals surface area contributed by atoms with E-state index in [0.717, 1.165) is 44.6 Å². The predicted molar refractivity (Wildman–Crippen MR) is 185 cm³/mol. The number of aliphatic hydroxyl groups is 2. The molecule has 2 rings (SSSR count). The van der Waals surface area contributed by atoms with Crippen molar-refractivity contribution in [1.29, 1.82) is 0 Å². The first kappa shape index (κ1) is 37.1. The molecular formula is C40H56O4. The Bertz CT molecular complexity index is 1260. The number of Topliss-reactive ketones (excluding diaryl/α,β-unsaturated/α-hetero) is 2. The highest BCUT2D eigenvalue weighted by Crippen LogP contribution is 2.43. The molecule has 4 heteroatoms. The Balaban J connectivity index is 1.91. The topological polar surface area (TPSA) is 74.6 Å². The monoisotopic (exact) mass is 600 g/mol. The van der Waals surface area contributed by atoms with Crippen molar-refractivity contribution in [2.45, 2.75) is 120 Å². The highest BCUT2D eigenvalue weighted by atomic mass is 16.3. The van der Waals surface area contributed by atoms with Gasteiger partial charge in [-0.1, -0.05) is 122 Å². The van der Waals surface area contributed by atoms with Gasteiger partial charge in [0.1, 0.15) is 0 Å². The van der Waals surface area contributed by atoms with Crippen LogP contribution in [0.3, 0.4) is 0 Å². The Morgan fingerprint density at radius 1 is 0.636 bits per heavy atom. The van der Waals surface area contributed by atoms with Crippen LogP contribution in [-0.2, 0) is 9.59 Å². The van der Waals surface area contributed by atoms with Crippen molar-refractivity contribution in [3.8, 4) is 0 Å². The number of aliphatic hydroxyl groups excluding tert-OH is 2. The second kappa shape index (κ2) is 16.3. The van der Waals surface area contributed by atoms with Crippen LogP contribution in [0, 0.1) is 10.8 Å². The largest absolute Gasteiger partial charge is 0.393 e. The Labute approximate surface area is 267 Å². The first-order valence-electron chi connectivity index (χ1n) is 16.0. The highest BCUT2D eigenvalue weighted by molar-refractivity contribution is 5.97. The Morgan fingerprint density at radius 2 is 0.977 bits per heavy atom. The number of rotatable bonds is 12. The molecule has 0 unspecified atom stereocenters. The average molecular weight is 601 g/mol. The van der Waals surface area contributed by atoms with Gasteiger partial charge >= 0.3 is 0 Å². The van der Waals surface area contributed by atoms with Crippen molar-refractivity contribution in [2.75, 3.05) is 0 Å². The molecule has 0 saturated heterocycles. The SMILES string of the molecule is CC1=C(CC(=O)/C(C)=C/C=C/C(C)=C/C=C/C=C(C)/C=C/C=C(\C)C(=O)CC2=C(C)C[C@@H](O)CC2(C)C)C(C)(C)C[C@H](O)C1. The van der Waals surface area contributed by atoms with Crippen LogP contribution in [0.15, 0.2) is 105 Å². The number of carbonyl (C=O) groups is 2. The van der Waals surface area contributed by atoms with Crippen LogP contribution >= 0.6 is 0 Å². The van der Waals surface area contributed by atoms with E-state index < -0.39 is 0 Å². The first-order chi connectivity index (χ1) is 20.4. The summed E-state index contributed by atoms with van der Waals surface area (Å²) in [6, 6.07) is 0. The van der Waals surface area contributed by atoms with E-state index in [1.807, 2.05) is 102 Å². The van der Waals surface area contributed by atoms with Crippen molar-refractivity contribution >= 4 is 11.6 Å². The lowest BCUT2D eigenvalue weighted by atomic mass is 9.70. The molecule has 44 heavy (non-hydrogen) atoms. The molecule has 4 nitrogen and oxygen atoms in total. The molecule has 0 aromatic carbocycles. The summed E-state index contributed by atoms with van der Waals surface area (Å²) in [6.45, 7) is 20.3. The standard InChI is InChI=1S/C40H56O4/c1-27(17-13-19-29(3)37(43)23-35-31(5)21-33(41)25-39(35,7)8)15-11-12-16-28(2)18-14-20-30(4)38(44)24-36-32(6)22-34(42)26-40(36,9)10/h11-20,33-34,41-42H,21-26H2,1-10H3/b12-11+,17-13+,18-14+,27-15+,28-16+,29-19+,30-20+/t33-,34-/m1/s1. The number of hydrogen-bond acceptors (Lipinski definition) is 4. The van der Waals surface area contributed by atoms with Crippen molar-refractivity contribution in [3.05, 3.63) is 105 Å². The third-order valence-electron chi connectivity index (χ3n) is 9.03. The zero-order valence-electron chi connectivity index (χ0n) is 28.9. The summed E-state index contributed by atoms with van der Waals surface area (Å²) in [5.41, 5.74) is 7.89. The van der Waals surface area contributed by atoms with Crippen molar-refractivity contribution in [1.82, 2.24) is 0 Å². The van der Waals surface area contributed by atoms with Crippen LogP contribution in [0.2, 0.25) is 0 Å². The fourth-order valence-electron chi connectivity index (χ4n) is 6.46. The number of ketones is 2. The van der Waals surface area contributed by atoms with Gasteiger partial charge in [-0.3, -0.25) is 9.59 Å². The Hall–Kier alpha value is -3.08. The van der Waals surface area contributed by atoms with E-state index >= 15 is 0 Å². The molecule has 0 saturated carbocycles. The summed E-state index contributed by atoms with van der Waals surface area (Å²) < 4.78 is 0. The highest BCUT2D eigenvalue weighted by Gasteiger charge is 2.34. The van der Waals surface area contributed by atoms with E-state index in [2.05, 4.69) is 27.7 Å². The Morgan fingerprint density at radius 3 is 1.30 bits per heavy atom. The number of allylic oxidation sites excluding steroid dienone is 16. The lowest BCUT2D eigenvalue weighted by Crippen LogP contribution is -2.30. The third kappa shape index (κ3) is 11.4. The molecule has 0 amide bonds. The van der Waals surface area contributed by atoms with Gasteiger partial charge in [0.05, 0.1) is 12.2 Å². The fourth-order valence-corrected chi connectivity index (χ4v) is 6.46. The molecule has 240 valence electrons. The minimum atomic E-state index is -0.323. The maximum Gasteiger partial charge on any atom is 0.162 e. The van der Waals surface area contributed by atoms with Crippen LogP contribution < -0.4 is 0 Å². The van der Waals surface area contributed by atoms with Crippen LogP contribution in [0.4, 0.5) is 0 Å². The smallest absolute Gasteiger partial charge is 0.162 e. The van der Waals surface area contributed by atoms with Gasteiger partial charge in [-0.05, 0) is 89.2 Å². The zero-order valence-corrected chi connectivity index (χ0v) is 28.9. The third-order valence-corrected chi connectivity index (χ3v) is 9.03. The molecule has 2 aliphatic carbocycles. The predicted octanol–water partition coefficient (Wildman–Crippen LogP) is 9.35. The van der Waals surface area contributed by atoms with Gasteiger partial charge in [0.2, 0.25) is 0 Å². The van der Waals surface area contributed by atoms with Gasteiger partial charge in [-0.15, -0.1) is 0 Å². The Kier molecular flexibility index (Phi) is 13.7. The minimum Gasteiger partial charge on any atom is -0.393 e. The lowest BCUT2D eigenvalue weighted by molar-refractivity contribution is -0.116. The van der Waals surface area contributed by atoms with Crippen molar-refractivity contribution < 1.29 is 19.8 Å². The molecule has 0 fully saturated rings. The average Bonchev–Trinajstić information content (AvgIpc) is 2.89. The van der Waals surface area contributed by atoms with Crippen molar-refractivity contribution in [2.24, 2.45) is 10.8 Å². The van der Waals surface area contributed by atoms with E-state index in [9.17, 15) is 19.8 Å². The second-order valence-corrected chi connectivity index (χ2v) is 14.2. The summed E-state index contributed by atoms with van der Waals surface area (Å²) in [4.78, 5) is 25.8. The summed E-state index contributed by atoms with van der Waals surface area (Å²) in [5, 5.41) is 20.2. The maximum atomic E-state index is 12.9. The normalized spacial score (nSPS) is 23.9. The maximum absolute atomic E-state index is 12.9. The molecule has 0 heterocycles. The summed E-state index contributed by atoms with van der Waals surface area (Å²) in [7, 11) is 0. The molecule has 0 aliphatic heterocycles. The van der Waals surface area contributed by atoms with Gasteiger partial charge in [0.15, 0.2) is 11.6 Å². The molecule has 0 aromatic rings. The summed E-state index contributed by atoms with van der Waals surface area (Å²) >= 11 is 0. The van der Waals surface area contributed by atoms with Gasteiger partial charge in [0, 0.05) is 12.8 Å². The van der Waals surface area contributed by atoms with Gasteiger partial charge in [-0.25, -0.2) is 0 Å². The van der Waals surface area contributed by atoms with E-state index in [1.54, 1.807) is 0 Å². The van der Waals surface area contributed by atoms with E-state index in [0.29, 0.717) is 38.5 Å². The molecule has 2 aliphatic rings. The second-order valence-electron chi connectivity index (χ2n) is 14.2. The lowest BCUT2D eigenvalue weighted by Gasteiger charge is -2.37. The molecule has 2 atom stereocenters. The molecule has 0 aromatic heterocycles. The number of carbonyl (C=O) groups excluding carboxylic acids is 2. The van der Waals surface area contributed by atoms with Gasteiger partial charge in [-0.2, -0.15) is 0 Å². The molecular weight excluding hydrogens is 544 g/mol. The summed E-state index contributed by atoms with van der Waals surface area (Å²) in [5.74, 6) is 0.249.